The quantitative estimate of drug-likeness (QED) is 0.491. The molecule has 0 atom stereocenters. The van der Waals surface area contributed by atoms with E-state index < -0.39 is 0 Å². The van der Waals surface area contributed by atoms with E-state index in [1.165, 1.54) is 11.8 Å². The van der Waals surface area contributed by atoms with E-state index in [-0.39, 0.29) is 28.8 Å². The average molecular weight is 408 g/mol. The number of carbonyl (C=O) groups excluding carboxylic acids is 3. The Balaban J connectivity index is 1.56. The Bertz CT molecular complexity index is 1110. The van der Waals surface area contributed by atoms with Gasteiger partial charge in [-0.3, -0.25) is 14.4 Å². The molecule has 0 aliphatic heterocycles. The van der Waals surface area contributed by atoms with Crippen molar-refractivity contribution in [3.05, 3.63) is 94.0 Å². The number of amides is 1. The van der Waals surface area contributed by atoms with Crippen LogP contribution < -0.4 is 5.32 Å². The molecule has 4 rings (SSSR count). The molecule has 0 aromatic heterocycles. The number of hydrogen-bond donors (Lipinski definition) is 1. The van der Waals surface area contributed by atoms with Crippen molar-refractivity contribution in [1.82, 2.24) is 0 Å². The highest BCUT2D eigenvalue weighted by molar-refractivity contribution is 8.00. The van der Waals surface area contributed by atoms with E-state index in [9.17, 15) is 14.4 Å². The van der Waals surface area contributed by atoms with E-state index in [4.69, 9.17) is 11.6 Å². The van der Waals surface area contributed by atoms with E-state index in [1.54, 1.807) is 54.6 Å². The molecule has 6 heteroatoms. The molecule has 4 nitrogen and oxygen atoms in total. The molecule has 0 unspecified atom stereocenters. The van der Waals surface area contributed by atoms with Crippen molar-refractivity contribution in [3.63, 3.8) is 0 Å². The van der Waals surface area contributed by atoms with E-state index in [2.05, 4.69) is 5.32 Å². The standard InChI is InChI=1S/C22H14ClNO3S/c23-13-8-10-14(11-9-13)28-12-19(25)24-18-7-3-6-17-20(18)22(27)16-5-2-1-4-15(16)21(17)26/h1-11H,12H2,(H,24,25). The van der Waals surface area contributed by atoms with Gasteiger partial charge in [0.15, 0.2) is 11.6 Å². The molecular weight excluding hydrogens is 394 g/mol. The summed E-state index contributed by atoms with van der Waals surface area (Å²) in [5.41, 5.74) is 1.66. The molecule has 28 heavy (non-hydrogen) atoms. The number of fused-ring (bicyclic) bond motifs is 2. The van der Waals surface area contributed by atoms with Gasteiger partial charge in [-0.1, -0.05) is 48.0 Å². The Labute approximate surface area is 170 Å². The molecule has 1 aliphatic rings. The summed E-state index contributed by atoms with van der Waals surface area (Å²) in [6, 6.07) is 18.8. The number of carbonyl (C=O) groups is 3. The molecule has 0 heterocycles. The van der Waals surface area contributed by atoms with Crippen LogP contribution in [-0.4, -0.2) is 23.2 Å². The Morgan fingerprint density at radius 2 is 1.46 bits per heavy atom. The topological polar surface area (TPSA) is 63.2 Å². The molecule has 1 N–H and O–H groups in total. The molecule has 1 amide bonds. The van der Waals surface area contributed by atoms with Crippen molar-refractivity contribution in [1.29, 1.82) is 0 Å². The van der Waals surface area contributed by atoms with Crippen LogP contribution in [0.3, 0.4) is 0 Å². The normalized spacial score (nSPS) is 12.3. The summed E-state index contributed by atoms with van der Waals surface area (Å²) in [5.74, 6) is -0.555. The van der Waals surface area contributed by atoms with Crippen LogP contribution in [0.1, 0.15) is 31.8 Å². The fourth-order valence-corrected chi connectivity index (χ4v) is 3.94. The molecule has 0 fully saturated rings. The Kier molecular flexibility index (Phi) is 5.03. The second kappa shape index (κ2) is 7.62. The Morgan fingerprint density at radius 1 is 0.821 bits per heavy atom. The summed E-state index contributed by atoms with van der Waals surface area (Å²) in [7, 11) is 0. The second-order valence-electron chi connectivity index (χ2n) is 6.22. The molecule has 0 saturated carbocycles. The van der Waals surface area contributed by atoms with Crippen molar-refractivity contribution in [2.24, 2.45) is 0 Å². The summed E-state index contributed by atoms with van der Waals surface area (Å²) in [6.07, 6.45) is 0. The number of hydrogen-bond acceptors (Lipinski definition) is 4. The number of benzene rings is 3. The van der Waals surface area contributed by atoms with E-state index in [1.807, 2.05) is 12.1 Å². The lowest BCUT2D eigenvalue weighted by Gasteiger charge is -2.20. The SMILES string of the molecule is O=C(CSc1ccc(Cl)cc1)Nc1cccc2c1C(=O)c1ccccc1C2=O. The third-order valence-corrected chi connectivity index (χ3v) is 5.67. The average Bonchev–Trinajstić information content (AvgIpc) is 2.71. The third-order valence-electron chi connectivity index (χ3n) is 4.41. The molecule has 3 aromatic rings. The number of thioether (sulfide) groups is 1. The molecular formula is C22H14ClNO3S. The van der Waals surface area contributed by atoms with Crippen molar-refractivity contribution in [3.8, 4) is 0 Å². The Morgan fingerprint density at radius 3 is 2.18 bits per heavy atom. The van der Waals surface area contributed by atoms with Gasteiger partial charge < -0.3 is 5.32 Å². The number of ketones is 2. The highest BCUT2D eigenvalue weighted by atomic mass is 35.5. The molecule has 1 aliphatic carbocycles. The van der Waals surface area contributed by atoms with Crippen molar-refractivity contribution < 1.29 is 14.4 Å². The highest BCUT2D eigenvalue weighted by Gasteiger charge is 2.31. The lowest BCUT2D eigenvalue weighted by Crippen LogP contribution is -2.24. The fraction of sp³-hybridized carbons (Fsp3) is 0.0455. The van der Waals surface area contributed by atoms with Gasteiger partial charge in [0, 0.05) is 26.6 Å². The second-order valence-corrected chi connectivity index (χ2v) is 7.71. The number of rotatable bonds is 4. The minimum atomic E-state index is -0.258. The van der Waals surface area contributed by atoms with Crippen LogP contribution in [0, 0.1) is 0 Å². The van der Waals surface area contributed by atoms with Crippen molar-refractivity contribution >= 4 is 46.5 Å². The van der Waals surface area contributed by atoms with Gasteiger partial charge in [0.1, 0.15) is 0 Å². The van der Waals surface area contributed by atoms with Crippen molar-refractivity contribution in [2.75, 3.05) is 11.1 Å². The van der Waals surface area contributed by atoms with Gasteiger partial charge >= 0.3 is 0 Å². The zero-order valence-corrected chi connectivity index (χ0v) is 16.1. The number of halogens is 1. The molecule has 0 saturated heterocycles. The van der Waals surface area contributed by atoms with Crippen LogP contribution in [0.15, 0.2) is 71.6 Å². The minimum absolute atomic E-state index is 0.171. The van der Waals surface area contributed by atoms with E-state index in [0.717, 1.165) is 4.90 Å². The predicted molar refractivity (Wildman–Crippen MR) is 111 cm³/mol. The van der Waals surface area contributed by atoms with Crippen LogP contribution in [0.25, 0.3) is 0 Å². The van der Waals surface area contributed by atoms with Gasteiger partial charge in [0.05, 0.1) is 17.0 Å². The van der Waals surface area contributed by atoms with E-state index in [0.29, 0.717) is 27.4 Å². The zero-order chi connectivity index (χ0) is 19.7. The highest BCUT2D eigenvalue weighted by Crippen LogP contribution is 2.32. The monoisotopic (exact) mass is 407 g/mol. The summed E-state index contributed by atoms with van der Waals surface area (Å²) in [4.78, 5) is 39.0. The minimum Gasteiger partial charge on any atom is -0.325 e. The van der Waals surface area contributed by atoms with Crippen LogP contribution >= 0.6 is 23.4 Å². The number of anilines is 1. The predicted octanol–water partition coefficient (Wildman–Crippen LogP) is 4.85. The zero-order valence-electron chi connectivity index (χ0n) is 14.6. The molecule has 0 bridgehead atoms. The summed E-state index contributed by atoms with van der Waals surface area (Å²) in [5, 5.41) is 3.41. The first-order valence-electron chi connectivity index (χ1n) is 8.54. The molecule has 3 aromatic carbocycles. The molecule has 0 spiro atoms. The first-order chi connectivity index (χ1) is 13.5. The maximum absolute atomic E-state index is 12.9. The van der Waals surface area contributed by atoms with Crippen molar-refractivity contribution in [2.45, 2.75) is 4.90 Å². The van der Waals surface area contributed by atoms with Gasteiger partial charge in [0.2, 0.25) is 5.91 Å². The van der Waals surface area contributed by atoms with Crippen LogP contribution in [0.5, 0.6) is 0 Å². The molecule has 0 radical (unpaired) electrons. The fourth-order valence-electron chi connectivity index (χ4n) is 3.12. The third kappa shape index (κ3) is 3.46. The van der Waals surface area contributed by atoms with Gasteiger partial charge in [-0.25, -0.2) is 0 Å². The van der Waals surface area contributed by atoms with Crippen LogP contribution in [0.4, 0.5) is 5.69 Å². The summed E-state index contributed by atoms with van der Waals surface area (Å²) >= 11 is 7.22. The van der Waals surface area contributed by atoms with E-state index >= 15 is 0 Å². The maximum atomic E-state index is 12.9. The smallest absolute Gasteiger partial charge is 0.234 e. The largest absolute Gasteiger partial charge is 0.325 e. The van der Waals surface area contributed by atoms with Gasteiger partial charge in [-0.05, 0) is 30.3 Å². The van der Waals surface area contributed by atoms with Gasteiger partial charge in [-0.2, -0.15) is 0 Å². The van der Waals surface area contributed by atoms with Gasteiger partial charge in [0.25, 0.3) is 0 Å². The lowest BCUT2D eigenvalue weighted by atomic mass is 9.83. The molecule has 138 valence electrons. The summed E-state index contributed by atoms with van der Waals surface area (Å²) < 4.78 is 0. The van der Waals surface area contributed by atoms with Crippen LogP contribution in [-0.2, 0) is 4.79 Å². The lowest BCUT2D eigenvalue weighted by molar-refractivity contribution is -0.113. The Hall–Kier alpha value is -2.89. The number of nitrogens with one attached hydrogen (secondary N) is 1. The summed E-state index contributed by atoms with van der Waals surface area (Å²) in [6.45, 7) is 0. The van der Waals surface area contributed by atoms with Crippen LogP contribution in [0.2, 0.25) is 5.02 Å². The first-order valence-corrected chi connectivity index (χ1v) is 9.90. The maximum Gasteiger partial charge on any atom is 0.234 e. The first kappa shape index (κ1) is 18.5. The van der Waals surface area contributed by atoms with Gasteiger partial charge in [-0.15, -0.1) is 11.8 Å².